The molecule has 1 rings (SSSR count). The van der Waals surface area contributed by atoms with E-state index in [1.54, 1.807) is 0 Å². The number of hydrogen-bond donors (Lipinski definition) is 1. The van der Waals surface area contributed by atoms with E-state index >= 15 is 0 Å². The van der Waals surface area contributed by atoms with E-state index in [9.17, 15) is 4.79 Å². The standard InChI is InChI=1S/C8H14BrNO2/c9-5-6-1-3-7(4-2-6)12-8(10)11/h6-7H,1-5H2,(H2,10,11)/t6-,7-. The van der Waals surface area contributed by atoms with Crippen LogP contribution in [-0.4, -0.2) is 17.5 Å². The molecule has 0 aromatic rings. The zero-order valence-electron chi connectivity index (χ0n) is 6.96. The molecule has 70 valence electrons. The molecule has 0 spiro atoms. The lowest BCUT2D eigenvalue weighted by Crippen LogP contribution is -2.27. The molecule has 0 saturated heterocycles. The second kappa shape index (κ2) is 4.70. The van der Waals surface area contributed by atoms with Gasteiger partial charge in [0.1, 0.15) is 6.10 Å². The van der Waals surface area contributed by atoms with E-state index in [0.29, 0.717) is 0 Å². The Labute approximate surface area is 80.8 Å². The molecule has 0 bridgehead atoms. The molecule has 0 unspecified atom stereocenters. The summed E-state index contributed by atoms with van der Waals surface area (Å²) < 4.78 is 4.91. The first-order valence-corrected chi connectivity index (χ1v) is 5.36. The fourth-order valence-electron chi connectivity index (χ4n) is 1.57. The fraction of sp³-hybridized carbons (Fsp3) is 0.875. The van der Waals surface area contributed by atoms with Crippen LogP contribution in [0.5, 0.6) is 0 Å². The Balaban J connectivity index is 2.21. The van der Waals surface area contributed by atoms with Crippen LogP contribution in [0, 0.1) is 5.92 Å². The summed E-state index contributed by atoms with van der Waals surface area (Å²) in [5.74, 6) is 0.748. The molecule has 3 nitrogen and oxygen atoms in total. The minimum Gasteiger partial charge on any atom is -0.446 e. The molecule has 0 aliphatic heterocycles. The summed E-state index contributed by atoms with van der Waals surface area (Å²) in [4.78, 5) is 10.4. The first-order valence-electron chi connectivity index (χ1n) is 4.24. The van der Waals surface area contributed by atoms with Crippen molar-refractivity contribution in [1.29, 1.82) is 0 Å². The van der Waals surface area contributed by atoms with Crippen LogP contribution >= 0.6 is 15.9 Å². The van der Waals surface area contributed by atoms with Gasteiger partial charge in [-0.15, -0.1) is 0 Å². The molecular weight excluding hydrogens is 222 g/mol. The SMILES string of the molecule is NC(=O)O[C@H]1CC[C@H](CBr)CC1. The fourth-order valence-corrected chi connectivity index (χ4v) is 2.22. The van der Waals surface area contributed by atoms with E-state index in [2.05, 4.69) is 15.9 Å². The molecule has 1 aliphatic carbocycles. The molecule has 12 heavy (non-hydrogen) atoms. The molecule has 1 amide bonds. The third kappa shape index (κ3) is 3.01. The van der Waals surface area contributed by atoms with Crippen molar-refractivity contribution in [3.8, 4) is 0 Å². The normalized spacial score (nSPS) is 29.8. The van der Waals surface area contributed by atoms with Gasteiger partial charge in [-0.1, -0.05) is 15.9 Å². The average molecular weight is 236 g/mol. The number of ether oxygens (including phenoxy) is 1. The van der Waals surface area contributed by atoms with Crippen molar-refractivity contribution in [1.82, 2.24) is 0 Å². The first kappa shape index (κ1) is 9.84. The van der Waals surface area contributed by atoms with Crippen LogP contribution < -0.4 is 5.73 Å². The minimum absolute atomic E-state index is 0.0674. The van der Waals surface area contributed by atoms with Crippen molar-refractivity contribution in [2.45, 2.75) is 31.8 Å². The average Bonchev–Trinajstić information content (AvgIpc) is 2.05. The molecule has 0 radical (unpaired) electrons. The number of rotatable bonds is 2. The summed E-state index contributed by atoms with van der Waals surface area (Å²) in [6.07, 6.45) is 3.60. The van der Waals surface area contributed by atoms with Gasteiger partial charge in [-0.25, -0.2) is 4.79 Å². The zero-order chi connectivity index (χ0) is 8.97. The van der Waals surface area contributed by atoms with Crippen molar-refractivity contribution < 1.29 is 9.53 Å². The Morgan fingerprint density at radius 1 is 1.42 bits per heavy atom. The summed E-state index contributed by atoms with van der Waals surface area (Å²) in [6.45, 7) is 0. The van der Waals surface area contributed by atoms with Crippen LogP contribution in [-0.2, 0) is 4.74 Å². The van der Waals surface area contributed by atoms with E-state index in [-0.39, 0.29) is 6.10 Å². The van der Waals surface area contributed by atoms with Crippen molar-refractivity contribution in [2.24, 2.45) is 11.7 Å². The summed E-state index contributed by atoms with van der Waals surface area (Å²) in [6, 6.07) is 0. The number of hydrogen-bond acceptors (Lipinski definition) is 2. The number of carbonyl (C=O) groups excluding carboxylic acids is 1. The molecule has 0 atom stereocenters. The van der Waals surface area contributed by atoms with Gasteiger partial charge in [0.15, 0.2) is 0 Å². The summed E-state index contributed by atoms with van der Waals surface area (Å²) in [5, 5.41) is 1.05. The van der Waals surface area contributed by atoms with Crippen LogP contribution in [0.1, 0.15) is 25.7 Å². The highest BCUT2D eigenvalue weighted by Crippen LogP contribution is 2.27. The Morgan fingerprint density at radius 2 is 2.00 bits per heavy atom. The van der Waals surface area contributed by atoms with Crippen molar-refractivity contribution in [3.63, 3.8) is 0 Å². The topological polar surface area (TPSA) is 52.3 Å². The molecule has 0 aromatic heterocycles. The maximum absolute atomic E-state index is 10.4. The van der Waals surface area contributed by atoms with E-state index < -0.39 is 6.09 Å². The molecule has 1 aliphatic rings. The summed E-state index contributed by atoms with van der Waals surface area (Å²) >= 11 is 3.45. The van der Waals surface area contributed by atoms with Crippen molar-refractivity contribution >= 4 is 22.0 Å². The smallest absolute Gasteiger partial charge is 0.404 e. The molecular formula is C8H14BrNO2. The van der Waals surface area contributed by atoms with Crippen molar-refractivity contribution in [3.05, 3.63) is 0 Å². The Kier molecular flexibility index (Phi) is 3.85. The van der Waals surface area contributed by atoms with Crippen LogP contribution in [0.2, 0.25) is 0 Å². The highest BCUT2D eigenvalue weighted by molar-refractivity contribution is 9.09. The third-order valence-electron chi connectivity index (χ3n) is 2.29. The molecule has 2 N–H and O–H groups in total. The van der Waals surface area contributed by atoms with Gasteiger partial charge in [0.2, 0.25) is 0 Å². The quantitative estimate of drug-likeness (QED) is 0.746. The molecule has 0 aromatic carbocycles. The zero-order valence-corrected chi connectivity index (χ0v) is 8.55. The summed E-state index contributed by atoms with van der Waals surface area (Å²) in [7, 11) is 0. The third-order valence-corrected chi connectivity index (χ3v) is 3.21. The van der Waals surface area contributed by atoms with Crippen molar-refractivity contribution in [2.75, 3.05) is 5.33 Å². The van der Waals surface area contributed by atoms with Gasteiger partial charge in [-0.2, -0.15) is 0 Å². The highest BCUT2D eigenvalue weighted by atomic mass is 79.9. The largest absolute Gasteiger partial charge is 0.446 e. The number of halogens is 1. The lowest BCUT2D eigenvalue weighted by Gasteiger charge is -2.26. The number of primary amides is 1. The lowest BCUT2D eigenvalue weighted by molar-refractivity contribution is 0.0738. The van der Waals surface area contributed by atoms with Gasteiger partial charge in [-0.05, 0) is 31.6 Å². The van der Waals surface area contributed by atoms with Crippen LogP contribution in [0.25, 0.3) is 0 Å². The number of nitrogens with two attached hydrogens (primary N) is 1. The van der Waals surface area contributed by atoms with Gasteiger partial charge in [0.25, 0.3) is 0 Å². The predicted octanol–water partition coefficient (Wildman–Crippen LogP) is 2.04. The van der Waals surface area contributed by atoms with Gasteiger partial charge in [0, 0.05) is 5.33 Å². The van der Waals surface area contributed by atoms with E-state index in [4.69, 9.17) is 10.5 Å². The molecule has 1 fully saturated rings. The molecule has 0 heterocycles. The molecule has 1 saturated carbocycles. The Bertz CT molecular complexity index is 155. The van der Waals surface area contributed by atoms with Gasteiger partial charge in [0.05, 0.1) is 0 Å². The predicted molar refractivity (Wildman–Crippen MR) is 50.2 cm³/mol. The van der Waals surface area contributed by atoms with Gasteiger partial charge >= 0.3 is 6.09 Å². The number of amides is 1. The second-order valence-corrected chi connectivity index (χ2v) is 3.88. The van der Waals surface area contributed by atoms with E-state index in [1.807, 2.05) is 0 Å². The maximum Gasteiger partial charge on any atom is 0.404 e. The van der Waals surface area contributed by atoms with E-state index in [1.165, 1.54) is 0 Å². The summed E-state index contributed by atoms with van der Waals surface area (Å²) in [5.41, 5.74) is 4.92. The maximum atomic E-state index is 10.4. The number of alkyl halides is 1. The van der Waals surface area contributed by atoms with Crippen LogP contribution in [0.3, 0.4) is 0 Å². The minimum atomic E-state index is -0.641. The van der Waals surface area contributed by atoms with Crippen LogP contribution in [0.15, 0.2) is 0 Å². The molecule has 4 heteroatoms. The highest BCUT2D eigenvalue weighted by Gasteiger charge is 2.22. The first-order chi connectivity index (χ1) is 5.72. The monoisotopic (exact) mass is 235 g/mol. The van der Waals surface area contributed by atoms with Gasteiger partial charge in [-0.3, -0.25) is 0 Å². The second-order valence-electron chi connectivity index (χ2n) is 3.23. The van der Waals surface area contributed by atoms with E-state index in [0.717, 1.165) is 36.9 Å². The number of carbonyl (C=O) groups is 1. The van der Waals surface area contributed by atoms with Crippen LogP contribution in [0.4, 0.5) is 4.79 Å². The lowest BCUT2D eigenvalue weighted by atomic mass is 9.89. The Hall–Kier alpha value is -0.250. The Morgan fingerprint density at radius 3 is 2.42 bits per heavy atom. The van der Waals surface area contributed by atoms with Gasteiger partial charge < -0.3 is 10.5 Å².